The number of nitrogens with zero attached hydrogens (tertiary/aromatic N) is 2. The summed E-state index contributed by atoms with van der Waals surface area (Å²) in [6.45, 7) is 7.59. The first-order chi connectivity index (χ1) is 7.34. The van der Waals surface area contributed by atoms with Crippen LogP contribution in [0.25, 0.3) is 0 Å². The molecule has 0 spiro atoms. The van der Waals surface area contributed by atoms with Crippen molar-refractivity contribution in [1.29, 1.82) is 0 Å². The molecule has 0 saturated heterocycles. The van der Waals surface area contributed by atoms with Gasteiger partial charge in [0.15, 0.2) is 0 Å². The molecule has 3 nitrogen and oxygen atoms in total. The van der Waals surface area contributed by atoms with Crippen LogP contribution in [-0.2, 0) is 6.54 Å². The third kappa shape index (κ3) is 4.98. The molecule has 86 valence electrons. The van der Waals surface area contributed by atoms with Crippen molar-refractivity contribution in [2.75, 3.05) is 13.1 Å². The number of unbranched alkanes of at least 4 members (excludes halogenated alkanes) is 3. The first kappa shape index (κ1) is 12.2. The molecule has 0 aromatic carbocycles. The van der Waals surface area contributed by atoms with Crippen LogP contribution in [0.2, 0.25) is 0 Å². The SMILES string of the molecule is CCNCCCCCCn1ccnc1C. The predicted molar refractivity (Wildman–Crippen MR) is 64.0 cm³/mol. The minimum atomic E-state index is 1.09. The second kappa shape index (κ2) is 7.46. The van der Waals surface area contributed by atoms with Gasteiger partial charge in [-0.15, -0.1) is 0 Å². The van der Waals surface area contributed by atoms with Gasteiger partial charge in [-0.1, -0.05) is 19.8 Å². The molecule has 0 amide bonds. The lowest BCUT2D eigenvalue weighted by Crippen LogP contribution is -2.13. The van der Waals surface area contributed by atoms with Gasteiger partial charge in [0.1, 0.15) is 5.82 Å². The number of imidazole rings is 1. The van der Waals surface area contributed by atoms with Crippen LogP contribution in [0.1, 0.15) is 38.4 Å². The van der Waals surface area contributed by atoms with Crippen molar-refractivity contribution in [3.8, 4) is 0 Å². The van der Waals surface area contributed by atoms with Crippen molar-refractivity contribution in [3.63, 3.8) is 0 Å². The van der Waals surface area contributed by atoms with E-state index in [2.05, 4.69) is 34.9 Å². The molecule has 0 aliphatic rings. The van der Waals surface area contributed by atoms with Crippen LogP contribution >= 0.6 is 0 Å². The molecule has 0 saturated carbocycles. The lowest BCUT2D eigenvalue weighted by Gasteiger charge is -2.05. The van der Waals surface area contributed by atoms with E-state index in [0.29, 0.717) is 0 Å². The number of hydrogen-bond donors (Lipinski definition) is 1. The molecule has 0 aliphatic carbocycles. The summed E-state index contributed by atoms with van der Waals surface area (Å²) in [6, 6.07) is 0. The molecule has 15 heavy (non-hydrogen) atoms. The molecule has 1 aromatic heterocycles. The van der Waals surface area contributed by atoms with Gasteiger partial charge in [0, 0.05) is 18.9 Å². The van der Waals surface area contributed by atoms with E-state index < -0.39 is 0 Å². The summed E-state index contributed by atoms with van der Waals surface area (Å²) in [5, 5.41) is 3.35. The van der Waals surface area contributed by atoms with Gasteiger partial charge in [0.2, 0.25) is 0 Å². The van der Waals surface area contributed by atoms with Crippen molar-refractivity contribution in [1.82, 2.24) is 14.9 Å². The van der Waals surface area contributed by atoms with E-state index in [1.54, 1.807) is 0 Å². The minimum Gasteiger partial charge on any atom is -0.335 e. The number of aromatic nitrogens is 2. The van der Waals surface area contributed by atoms with E-state index in [9.17, 15) is 0 Å². The predicted octanol–water partition coefficient (Wildman–Crippen LogP) is 2.36. The third-order valence-corrected chi connectivity index (χ3v) is 2.68. The standard InChI is InChI=1S/C12H23N3/c1-3-13-8-6-4-5-7-10-15-11-9-14-12(15)2/h9,11,13H,3-8,10H2,1-2H3. The first-order valence-corrected chi connectivity index (χ1v) is 6.03. The van der Waals surface area contributed by atoms with E-state index in [-0.39, 0.29) is 0 Å². The van der Waals surface area contributed by atoms with E-state index in [0.717, 1.165) is 18.9 Å². The molecular weight excluding hydrogens is 186 g/mol. The summed E-state index contributed by atoms with van der Waals surface area (Å²) in [6.07, 6.45) is 9.16. The Morgan fingerprint density at radius 3 is 2.73 bits per heavy atom. The fourth-order valence-electron chi connectivity index (χ4n) is 1.70. The number of hydrogen-bond acceptors (Lipinski definition) is 2. The maximum Gasteiger partial charge on any atom is 0.105 e. The molecule has 0 fully saturated rings. The van der Waals surface area contributed by atoms with Gasteiger partial charge in [-0.05, 0) is 32.9 Å². The van der Waals surface area contributed by atoms with Gasteiger partial charge >= 0.3 is 0 Å². The average Bonchev–Trinajstić information content (AvgIpc) is 2.63. The Balaban J connectivity index is 1.96. The molecule has 0 radical (unpaired) electrons. The van der Waals surface area contributed by atoms with Gasteiger partial charge < -0.3 is 9.88 Å². The summed E-state index contributed by atoms with van der Waals surface area (Å²) < 4.78 is 2.23. The normalized spacial score (nSPS) is 10.8. The van der Waals surface area contributed by atoms with Crippen LogP contribution in [-0.4, -0.2) is 22.6 Å². The molecule has 0 atom stereocenters. The molecule has 3 heteroatoms. The Labute approximate surface area is 92.9 Å². The molecule has 0 aliphatic heterocycles. The molecule has 0 unspecified atom stereocenters. The third-order valence-electron chi connectivity index (χ3n) is 2.68. The number of rotatable bonds is 8. The van der Waals surface area contributed by atoms with Crippen molar-refractivity contribution >= 4 is 0 Å². The fourth-order valence-corrected chi connectivity index (χ4v) is 1.70. The van der Waals surface area contributed by atoms with E-state index in [1.807, 2.05) is 6.20 Å². The molecule has 1 rings (SSSR count). The van der Waals surface area contributed by atoms with Crippen LogP contribution in [0.15, 0.2) is 12.4 Å². The summed E-state index contributed by atoms with van der Waals surface area (Å²) in [4.78, 5) is 4.21. The second-order valence-electron chi connectivity index (χ2n) is 3.94. The zero-order valence-corrected chi connectivity index (χ0v) is 10.00. The van der Waals surface area contributed by atoms with Gasteiger partial charge in [-0.3, -0.25) is 0 Å². The highest BCUT2D eigenvalue weighted by Gasteiger charge is 1.95. The van der Waals surface area contributed by atoms with Crippen LogP contribution in [0.4, 0.5) is 0 Å². The van der Waals surface area contributed by atoms with E-state index >= 15 is 0 Å². The molecular formula is C12H23N3. The van der Waals surface area contributed by atoms with Gasteiger partial charge in [0.25, 0.3) is 0 Å². The Hall–Kier alpha value is -0.830. The second-order valence-corrected chi connectivity index (χ2v) is 3.94. The highest BCUT2D eigenvalue weighted by atomic mass is 15.0. The Bertz CT molecular complexity index is 255. The minimum absolute atomic E-state index is 1.09. The quantitative estimate of drug-likeness (QED) is 0.666. The lowest BCUT2D eigenvalue weighted by atomic mass is 10.2. The summed E-state index contributed by atoms with van der Waals surface area (Å²) in [5.41, 5.74) is 0. The van der Waals surface area contributed by atoms with Gasteiger partial charge in [0.05, 0.1) is 0 Å². The molecule has 1 N–H and O–H groups in total. The highest BCUT2D eigenvalue weighted by molar-refractivity contribution is 4.87. The van der Waals surface area contributed by atoms with E-state index in [4.69, 9.17) is 0 Å². The topological polar surface area (TPSA) is 29.9 Å². The fraction of sp³-hybridized carbons (Fsp3) is 0.750. The zero-order valence-electron chi connectivity index (χ0n) is 10.00. The van der Waals surface area contributed by atoms with E-state index in [1.165, 1.54) is 32.2 Å². The van der Waals surface area contributed by atoms with Crippen molar-refractivity contribution in [2.24, 2.45) is 0 Å². The van der Waals surface area contributed by atoms with Crippen molar-refractivity contribution in [2.45, 2.75) is 46.1 Å². The van der Waals surface area contributed by atoms with Crippen molar-refractivity contribution in [3.05, 3.63) is 18.2 Å². The largest absolute Gasteiger partial charge is 0.335 e. The molecule has 1 aromatic rings. The van der Waals surface area contributed by atoms with Crippen LogP contribution < -0.4 is 5.32 Å². The average molecular weight is 209 g/mol. The summed E-state index contributed by atoms with van der Waals surface area (Å²) >= 11 is 0. The zero-order chi connectivity index (χ0) is 10.9. The summed E-state index contributed by atoms with van der Waals surface area (Å²) in [5.74, 6) is 1.13. The Morgan fingerprint density at radius 2 is 2.07 bits per heavy atom. The smallest absolute Gasteiger partial charge is 0.105 e. The monoisotopic (exact) mass is 209 g/mol. The lowest BCUT2D eigenvalue weighted by molar-refractivity contribution is 0.550. The highest BCUT2D eigenvalue weighted by Crippen LogP contribution is 2.03. The Morgan fingerprint density at radius 1 is 1.27 bits per heavy atom. The summed E-state index contributed by atoms with van der Waals surface area (Å²) in [7, 11) is 0. The maximum absolute atomic E-state index is 4.21. The molecule has 1 heterocycles. The van der Waals surface area contributed by atoms with Gasteiger partial charge in [-0.2, -0.15) is 0 Å². The van der Waals surface area contributed by atoms with Crippen LogP contribution in [0.5, 0.6) is 0 Å². The number of aryl methyl sites for hydroxylation is 2. The maximum atomic E-state index is 4.21. The Kier molecular flexibility index (Phi) is 6.09. The van der Waals surface area contributed by atoms with Gasteiger partial charge in [-0.25, -0.2) is 4.98 Å². The first-order valence-electron chi connectivity index (χ1n) is 6.03. The van der Waals surface area contributed by atoms with Crippen LogP contribution in [0, 0.1) is 6.92 Å². The van der Waals surface area contributed by atoms with Crippen LogP contribution in [0.3, 0.4) is 0 Å². The van der Waals surface area contributed by atoms with Crippen molar-refractivity contribution < 1.29 is 0 Å². The number of nitrogens with one attached hydrogen (secondary N) is 1. The molecule has 0 bridgehead atoms.